The van der Waals surface area contributed by atoms with Crippen LogP contribution in [0.25, 0.3) is 0 Å². The number of rotatable bonds is 7. The zero-order chi connectivity index (χ0) is 17.5. The molecule has 1 amide bonds. The van der Waals surface area contributed by atoms with Crippen molar-refractivity contribution in [2.75, 3.05) is 6.61 Å². The fourth-order valence-corrected chi connectivity index (χ4v) is 2.88. The standard InChI is InChI=1S/C18H21IN2O3/c1-3-16(22)11-24-21-18(23)17-6-7-20-10-14(17)9-13-4-5-15(19)8-12(13)2/h4-8,10,16,22H,3,9,11H2,1-2H3,(H,21,23)/t16-/m0/s1. The van der Waals surface area contributed by atoms with E-state index in [2.05, 4.69) is 52.1 Å². The van der Waals surface area contributed by atoms with E-state index in [-0.39, 0.29) is 12.5 Å². The van der Waals surface area contributed by atoms with E-state index in [4.69, 9.17) is 4.84 Å². The molecule has 0 radical (unpaired) electrons. The average Bonchev–Trinajstić information content (AvgIpc) is 2.57. The van der Waals surface area contributed by atoms with Crippen LogP contribution in [0.4, 0.5) is 0 Å². The van der Waals surface area contributed by atoms with Gasteiger partial charge in [0.2, 0.25) is 0 Å². The molecule has 0 saturated carbocycles. The maximum Gasteiger partial charge on any atom is 0.275 e. The van der Waals surface area contributed by atoms with Crippen molar-refractivity contribution < 1.29 is 14.7 Å². The van der Waals surface area contributed by atoms with Crippen LogP contribution in [0.3, 0.4) is 0 Å². The van der Waals surface area contributed by atoms with Crippen molar-refractivity contribution in [1.29, 1.82) is 0 Å². The lowest BCUT2D eigenvalue weighted by atomic mass is 9.98. The molecule has 2 N–H and O–H groups in total. The number of carbonyl (C=O) groups is 1. The zero-order valence-electron chi connectivity index (χ0n) is 13.8. The van der Waals surface area contributed by atoms with Gasteiger partial charge < -0.3 is 5.11 Å². The highest BCUT2D eigenvalue weighted by Crippen LogP contribution is 2.18. The SMILES string of the molecule is CC[C@H](O)CONC(=O)c1ccncc1Cc1ccc(I)cc1C. The number of aliphatic hydroxyl groups excluding tert-OH is 1. The van der Waals surface area contributed by atoms with Crippen LogP contribution in [0.15, 0.2) is 36.7 Å². The van der Waals surface area contributed by atoms with Crippen molar-refractivity contribution in [2.45, 2.75) is 32.8 Å². The molecule has 24 heavy (non-hydrogen) atoms. The van der Waals surface area contributed by atoms with Gasteiger partial charge in [-0.15, -0.1) is 0 Å². The second-order valence-electron chi connectivity index (χ2n) is 5.58. The summed E-state index contributed by atoms with van der Waals surface area (Å²) in [4.78, 5) is 21.5. The summed E-state index contributed by atoms with van der Waals surface area (Å²) in [5, 5.41) is 9.46. The van der Waals surface area contributed by atoms with Gasteiger partial charge in [0.05, 0.1) is 6.10 Å². The Kier molecular flexibility index (Phi) is 7.14. The molecule has 6 heteroatoms. The molecule has 1 heterocycles. The molecule has 0 saturated heterocycles. The highest BCUT2D eigenvalue weighted by Gasteiger charge is 2.13. The summed E-state index contributed by atoms with van der Waals surface area (Å²) in [6.07, 6.45) is 3.89. The molecular formula is C18H21IN2O3. The number of aliphatic hydroxyl groups is 1. The van der Waals surface area contributed by atoms with Gasteiger partial charge in [-0.25, -0.2) is 5.48 Å². The van der Waals surface area contributed by atoms with Crippen molar-refractivity contribution in [1.82, 2.24) is 10.5 Å². The van der Waals surface area contributed by atoms with Gasteiger partial charge in [-0.05, 0) is 70.8 Å². The third kappa shape index (κ3) is 5.25. The predicted molar refractivity (Wildman–Crippen MR) is 101 cm³/mol. The van der Waals surface area contributed by atoms with Crippen LogP contribution >= 0.6 is 22.6 Å². The van der Waals surface area contributed by atoms with E-state index >= 15 is 0 Å². The average molecular weight is 440 g/mol. The Balaban J connectivity index is 2.10. The van der Waals surface area contributed by atoms with Crippen LogP contribution in [0.1, 0.15) is 40.4 Å². The number of hydrogen-bond acceptors (Lipinski definition) is 4. The van der Waals surface area contributed by atoms with E-state index < -0.39 is 6.10 Å². The summed E-state index contributed by atoms with van der Waals surface area (Å²) in [6, 6.07) is 7.90. The van der Waals surface area contributed by atoms with Gasteiger partial charge in [0, 0.05) is 27.9 Å². The van der Waals surface area contributed by atoms with Crippen molar-refractivity contribution in [3.63, 3.8) is 0 Å². The van der Waals surface area contributed by atoms with E-state index in [0.717, 1.165) is 11.1 Å². The Hall–Kier alpha value is -1.51. The molecular weight excluding hydrogens is 419 g/mol. The lowest BCUT2D eigenvalue weighted by Crippen LogP contribution is -2.29. The van der Waals surface area contributed by atoms with Crippen molar-refractivity contribution in [3.8, 4) is 0 Å². The minimum atomic E-state index is -0.586. The summed E-state index contributed by atoms with van der Waals surface area (Å²) in [5.41, 5.74) is 6.07. The molecule has 1 aromatic carbocycles. The zero-order valence-corrected chi connectivity index (χ0v) is 15.9. The second kappa shape index (κ2) is 9.10. The highest BCUT2D eigenvalue weighted by molar-refractivity contribution is 14.1. The third-order valence-electron chi connectivity index (χ3n) is 3.75. The van der Waals surface area contributed by atoms with Crippen molar-refractivity contribution in [2.24, 2.45) is 0 Å². The van der Waals surface area contributed by atoms with Gasteiger partial charge in [-0.2, -0.15) is 0 Å². The van der Waals surface area contributed by atoms with Crippen molar-refractivity contribution >= 4 is 28.5 Å². The monoisotopic (exact) mass is 440 g/mol. The lowest BCUT2D eigenvalue weighted by molar-refractivity contribution is -0.0134. The molecule has 1 atom stereocenters. The molecule has 0 aliphatic heterocycles. The molecule has 0 aliphatic rings. The number of carbonyl (C=O) groups excluding carboxylic acids is 1. The summed E-state index contributed by atoms with van der Waals surface area (Å²) >= 11 is 2.28. The number of benzene rings is 1. The fourth-order valence-electron chi connectivity index (χ4n) is 2.23. The van der Waals surface area contributed by atoms with E-state index in [1.807, 2.05) is 13.0 Å². The first-order chi connectivity index (χ1) is 11.5. The molecule has 128 valence electrons. The summed E-state index contributed by atoms with van der Waals surface area (Å²) in [6.45, 7) is 3.97. The summed E-state index contributed by atoms with van der Waals surface area (Å²) in [5.74, 6) is -0.334. The molecule has 2 rings (SSSR count). The van der Waals surface area contributed by atoms with E-state index in [0.29, 0.717) is 18.4 Å². The molecule has 0 bridgehead atoms. The number of nitrogens with zero attached hydrogens (tertiary/aromatic N) is 1. The van der Waals surface area contributed by atoms with E-state index in [1.165, 1.54) is 9.13 Å². The maximum atomic E-state index is 12.3. The number of nitrogens with one attached hydrogen (secondary N) is 1. The number of halogens is 1. The van der Waals surface area contributed by atoms with Crippen LogP contribution in [0.2, 0.25) is 0 Å². The van der Waals surface area contributed by atoms with E-state index in [9.17, 15) is 9.90 Å². The number of hydrogen-bond donors (Lipinski definition) is 2. The van der Waals surface area contributed by atoms with Gasteiger partial charge >= 0.3 is 0 Å². The number of aryl methyl sites for hydroxylation is 1. The van der Waals surface area contributed by atoms with Crippen LogP contribution < -0.4 is 5.48 Å². The van der Waals surface area contributed by atoms with Gasteiger partial charge in [0.15, 0.2) is 0 Å². The van der Waals surface area contributed by atoms with Crippen LogP contribution in [-0.2, 0) is 11.3 Å². The maximum absolute atomic E-state index is 12.3. The predicted octanol–water partition coefficient (Wildman–Crippen LogP) is 3.02. The minimum absolute atomic E-state index is 0.0683. The largest absolute Gasteiger partial charge is 0.391 e. The quantitative estimate of drug-likeness (QED) is 0.513. The van der Waals surface area contributed by atoms with Gasteiger partial charge in [0.25, 0.3) is 5.91 Å². The summed E-state index contributed by atoms with van der Waals surface area (Å²) < 4.78 is 1.18. The lowest BCUT2D eigenvalue weighted by Gasteiger charge is -2.12. The molecule has 0 spiro atoms. The van der Waals surface area contributed by atoms with Gasteiger partial charge in [-0.3, -0.25) is 14.6 Å². The summed E-state index contributed by atoms with van der Waals surface area (Å²) in [7, 11) is 0. The van der Waals surface area contributed by atoms with Crippen LogP contribution in [0.5, 0.6) is 0 Å². The number of pyridine rings is 1. The third-order valence-corrected chi connectivity index (χ3v) is 4.42. The Morgan fingerprint density at radius 1 is 1.38 bits per heavy atom. The first kappa shape index (κ1) is 18.8. The van der Waals surface area contributed by atoms with Crippen LogP contribution in [0, 0.1) is 10.5 Å². The molecule has 1 aromatic heterocycles. The topological polar surface area (TPSA) is 71.5 Å². The van der Waals surface area contributed by atoms with Gasteiger partial charge in [-0.1, -0.05) is 13.0 Å². The fraction of sp³-hybridized carbons (Fsp3) is 0.333. The first-order valence-electron chi connectivity index (χ1n) is 7.79. The molecule has 5 nitrogen and oxygen atoms in total. The van der Waals surface area contributed by atoms with Gasteiger partial charge in [0.1, 0.15) is 6.61 Å². The number of amides is 1. The first-order valence-corrected chi connectivity index (χ1v) is 8.87. The Morgan fingerprint density at radius 3 is 2.88 bits per heavy atom. The normalized spacial score (nSPS) is 12.0. The second-order valence-corrected chi connectivity index (χ2v) is 6.83. The van der Waals surface area contributed by atoms with Crippen molar-refractivity contribution in [3.05, 3.63) is 62.5 Å². The van der Waals surface area contributed by atoms with E-state index in [1.54, 1.807) is 18.5 Å². The Bertz CT molecular complexity index is 706. The van der Waals surface area contributed by atoms with Crippen LogP contribution in [-0.4, -0.2) is 28.7 Å². The number of aromatic nitrogens is 1. The molecule has 0 aliphatic carbocycles. The Morgan fingerprint density at radius 2 is 2.17 bits per heavy atom. The molecule has 0 unspecified atom stereocenters. The molecule has 2 aromatic rings. The highest BCUT2D eigenvalue weighted by atomic mass is 127. The number of hydroxylamine groups is 1. The smallest absolute Gasteiger partial charge is 0.275 e. The Labute approximate surface area is 155 Å². The minimum Gasteiger partial charge on any atom is -0.391 e. The molecule has 0 fully saturated rings.